The lowest BCUT2D eigenvalue weighted by atomic mass is 9.64. The van der Waals surface area contributed by atoms with Gasteiger partial charge in [-0.25, -0.2) is 4.39 Å². The molecule has 4 rings (SSSR count). The number of hydrogen-bond acceptors (Lipinski definition) is 0. The molecule has 0 aromatic heterocycles. The summed E-state index contributed by atoms with van der Waals surface area (Å²) < 4.78 is 12.7. The van der Waals surface area contributed by atoms with E-state index in [1.54, 1.807) is 25.7 Å². The highest BCUT2D eigenvalue weighted by atomic mass is 19.1. The van der Waals surface area contributed by atoms with Crippen LogP contribution in [0.15, 0.2) is 24.3 Å². The Morgan fingerprint density at radius 1 is 0.581 bits per heavy atom. The number of hydrogen-bond donors (Lipinski definition) is 0. The minimum Gasteiger partial charge on any atom is -0.246 e. The van der Waals surface area contributed by atoms with Crippen LogP contribution in [0.5, 0.6) is 0 Å². The van der Waals surface area contributed by atoms with Crippen molar-refractivity contribution in [2.75, 3.05) is 0 Å². The average molecular weight is 427 g/mol. The third-order valence-electron chi connectivity index (χ3n) is 9.65. The van der Waals surface area contributed by atoms with E-state index in [2.05, 4.69) is 19.1 Å². The second kappa shape index (κ2) is 11.9. The Balaban J connectivity index is 1.13. The fourth-order valence-electron chi connectivity index (χ4n) is 7.56. The van der Waals surface area contributed by atoms with Gasteiger partial charge in [0.15, 0.2) is 0 Å². The Hall–Kier alpha value is -0.850. The molecular formula is C30H47F. The van der Waals surface area contributed by atoms with Gasteiger partial charge >= 0.3 is 0 Å². The number of benzene rings is 1. The van der Waals surface area contributed by atoms with Gasteiger partial charge in [0, 0.05) is 0 Å². The van der Waals surface area contributed by atoms with E-state index in [9.17, 15) is 4.39 Å². The number of rotatable bonds is 8. The van der Waals surface area contributed by atoms with E-state index in [1.165, 1.54) is 82.6 Å². The van der Waals surface area contributed by atoms with Crippen molar-refractivity contribution in [1.29, 1.82) is 0 Å². The number of aryl methyl sites for hydroxylation is 1. The van der Waals surface area contributed by atoms with Crippen molar-refractivity contribution >= 4 is 0 Å². The summed E-state index contributed by atoms with van der Waals surface area (Å²) in [5.74, 6) is 6.19. The summed E-state index contributed by atoms with van der Waals surface area (Å²) in [7, 11) is 0. The first-order valence-corrected chi connectivity index (χ1v) is 13.9. The van der Waals surface area contributed by atoms with Gasteiger partial charge in [0.2, 0.25) is 0 Å². The van der Waals surface area contributed by atoms with E-state index < -0.39 is 0 Å². The van der Waals surface area contributed by atoms with Crippen LogP contribution in [0.3, 0.4) is 0 Å². The summed E-state index contributed by atoms with van der Waals surface area (Å²) in [6, 6.07) is 8.18. The summed E-state index contributed by atoms with van der Waals surface area (Å²) in [5, 5.41) is 0. The van der Waals surface area contributed by atoms with Crippen LogP contribution in [0, 0.1) is 35.5 Å². The van der Waals surface area contributed by atoms with Crippen LogP contribution < -0.4 is 0 Å². The molecule has 0 unspecified atom stereocenters. The number of halogens is 1. The highest BCUT2D eigenvalue weighted by Gasteiger charge is 2.34. The molecule has 31 heavy (non-hydrogen) atoms. The third-order valence-corrected chi connectivity index (χ3v) is 9.65. The molecule has 0 aliphatic heterocycles. The van der Waals surface area contributed by atoms with E-state index in [0.29, 0.717) is 0 Å². The molecule has 0 radical (unpaired) electrons. The maximum atomic E-state index is 12.7. The second-order valence-electron chi connectivity index (χ2n) is 11.5. The van der Waals surface area contributed by atoms with Gasteiger partial charge in [-0.3, -0.25) is 0 Å². The first kappa shape index (κ1) is 23.3. The van der Waals surface area contributed by atoms with Crippen LogP contribution in [-0.2, 0) is 13.1 Å². The predicted octanol–water partition coefficient (Wildman–Crippen LogP) is 9.31. The maximum absolute atomic E-state index is 12.7. The molecule has 0 spiro atoms. The molecule has 0 bridgehead atoms. The Morgan fingerprint density at radius 2 is 0.968 bits per heavy atom. The molecule has 1 aromatic rings. The van der Waals surface area contributed by atoms with Crippen LogP contribution in [0.1, 0.15) is 114 Å². The fraction of sp³-hybridized carbons (Fsp3) is 0.800. The molecule has 0 amide bonds. The standard InChI is InChI=1S/C30H47F/c1-2-3-23-10-14-27(15-11-23)29-18-20-30(21-19-29)28-16-12-25(13-17-28)5-4-24-6-8-26(22-31)9-7-24/h6-9,23,25,27-30H,2-5,10-22H2,1H3/t23-,25?,27-,28?,29?,30?. The Kier molecular flexibility index (Phi) is 8.91. The van der Waals surface area contributed by atoms with Crippen molar-refractivity contribution in [2.24, 2.45) is 35.5 Å². The lowest BCUT2D eigenvalue weighted by Crippen LogP contribution is -2.29. The smallest absolute Gasteiger partial charge is 0.115 e. The lowest BCUT2D eigenvalue weighted by molar-refractivity contribution is 0.102. The molecule has 1 heteroatoms. The number of alkyl halides is 1. The lowest BCUT2D eigenvalue weighted by Gasteiger charge is -2.41. The summed E-state index contributed by atoms with van der Waals surface area (Å²) >= 11 is 0. The van der Waals surface area contributed by atoms with Crippen molar-refractivity contribution in [3.05, 3.63) is 35.4 Å². The molecule has 3 aliphatic rings. The van der Waals surface area contributed by atoms with Crippen LogP contribution in [-0.4, -0.2) is 0 Å². The van der Waals surface area contributed by atoms with Crippen molar-refractivity contribution < 1.29 is 4.39 Å². The van der Waals surface area contributed by atoms with Crippen LogP contribution in [0.25, 0.3) is 0 Å². The SMILES string of the molecule is CCC[C@H]1CC[C@H](C2CCC(C3CCC(CCc4ccc(CF)cc4)CC3)CC2)CC1. The third kappa shape index (κ3) is 6.58. The van der Waals surface area contributed by atoms with Gasteiger partial charge in [0.25, 0.3) is 0 Å². The van der Waals surface area contributed by atoms with Gasteiger partial charge in [0.1, 0.15) is 6.67 Å². The molecule has 174 valence electrons. The van der Waals surface area contributed by atoms with E-state index >= 15 is 0 Å². The van der Waals surface area contributed by atoms with Gasteiger partial charge in [-0.15, -0.1) is 0 Å². The molecule has 3 aliphatic carbocycles. The Morgan fingerprint density at radius 3 is 1.39 bits per heavy atom. The molecule has 3 fully saturated rings. The summed E-state index contributed by atoms with van der Waals surface area (Å²) in [5.41, 5.74) is 2.20. The Bertz CT molecular complexity index is 610. The largest absolute Gasteiger partial charge is 0.246 e. The van der Waals surface area contributed by atoms with Gasteiger partial charge < -0.3 is 0 Å². The monoisotopic (exact) mass is 426 g/mol. The van der Waals surface area contributed by atoms with Gasteiger partial charge in [-0.1, -0.05) is 69.7 Å². The Labute approximate surface area is 191 Å². The van der Waals surface area contributed by atoms with Gasteiger partial charge in [0.05, 0.1) is 0 Å². The summed E-state index contributed by atoms with van der Waals surface area (Å²) in [6.45, 7) is 2.01. The van der Waals surface area contributed by atoms with E-state index in [0.717, 1.165) is 41.1 Å². The topological polar surface area (TPSA) is 0 Å². The average Bonchev–Trinajstić information content (AvgIpc) is 2.84. The molecule has 0 atom stereocenters. The minimum absolute atomic E-state index is 0.341. The van der Waals surface area contributed by atoms with Crippen molar-refractivity contribution in [3.63, 3.8) is 0 Å². The molecular weight excluding hydrogens is 379 g/mol. The van der Waals surface area contributed by atoms with Crippen LogP contribution >= 0.6 is 0 Å². The molecule has 0 saturated heterocycles. The summed E-state index contributed by atoms with van der Waals surface area (Å²) in [6.07, 6.45) is 23.6. The first-order chi connectivity index (χ1) is 15.2. The van der Waals surface area contributed by atoms with E-state index in [1.807, 2.05) is 12.1 Å². The van der Waals surface area contributed by atoms with E-state index in [4.69, 9.17) is 0 Å². The fourth-order valence-corrected chi connectivity index (χ4v) is 7.56. The first-order valence-electron chi connectivity index (χ1n) is 13.9. The van der Waals surface area contributed by atoms with Gasteiger partial charge in [-0.05, 0) is 111 Å². The molecule has 3 saturated carbocycles. The van der Waals surface area contributed by atoms with Gasteiger partial charge in [-0.2, -0.15) is 0 Å². The van der Waals surface area contributed by atoms with Crippen molar-refractivity contribution in [2.45, 2.75) is 116 Å². The highest BCUT2D eigenvalue weighted by molar-refractivity contribution is 5.22. The maximum Gasteiger partial charge on any atom is 0.115 e. The summed E-state index contributed by atoms with van der Waals surface area (Å²) in [4.78, 5) is 0. The zero-order valence-electron chi connectivity index (χ0n) is 20.2. The molecule has 0 heterocycles. The van der Waals surface area contributed by atoms with Crippen LogP contribution in [0.4, 0.5) is 4.39 Å². The van der Waals surface area contributed by atoms with Crippen molar-refractivity contribution in [1.82, 2.24) is 0 Å². The zero-order chi connectivity index (χ0) is 21.5. The highest BCUT2D eigenvalue weighted by Crippen LogP contribution is 2.46. The zero-order valence-corrected chi connectivity index (χ0v) is 20.2. The quantitative estimate of drug-likeness (QED) is 0.388. The molecule has 0 N–H and O–H groups in total. The molecule has 0 nitrogen and oxygen atoms in total. The van der Waals surface area contributed by atoms with Crippen LogP contribution in [0.2, 0.25) is 0 Å². The second-order valence-corrected chi connectivity index (χ2v) is 11.5. The van der Waals surface area contributed by atoms with E-state index in [-0.39, 0.29) is 6.67 Å². The van der Waals surface area contributed by atoms with Crippen molar-refractivity contribution in [3.8, 4) is 0 Å². The molecule has 1 aromatic carbocycles. The predicted molar refractivity (Wildman–Crippen MR) is 131 cm³/mol. The minimum atomic E-state index is -0.341. The normalized spacial score (nSPS) is 34.5.